The third-order valence-corrected chi connectivity index (χ3v) is 3.81. The molecule has 1 heterocycles. The molecule has 1 aromatic carbocycles. The number of anilines is 1. The van der Waals surface area contributed by atoms with E-state index >= 15 is 0 Å². The minimum atomic E-state index is 0.0697. The van der Waals surface area contributed by atoms with Gasteiger partial charge in [0.1, 0.15) is 0 Å². The van der Waals surface area contributed by atoms with E-state index < -0.39 is 0 Å². The molecule has 1 fully saturated rings. The molecule has 0 saturated carbocycles. The highest BCUT2D eigenvalue weighted by Gasteiger charge is 2.26. The maximum absolute atomic E-state index is 8.99. The lowest BCUT2D eigenvalue weighted by Crippen LogP contribution is -2.30. The SMILES string of the molecule is CC(N)c1ccccc1N1CCCC1CCCO. The number of aliphatic hydroxyl groups is 1. The van der Waals surface area contributed by atoms with Gasteiger partial charge in [-0.25, -0.2) is 0 Å². The lowest BCUT2D eigenvalue weighted by Gasteiger charge is -2.29. The number of nitrogens with zero attached hydrogens (tertiary/aromatic N) is 1. The van der Waals surface area contributed by atoms with Gasteiger partial charge in [0.15, 0.2) is 0 Å². The molecule has 18 heavy (non-hydrogen) atoms. The number of para-hydroxylation sites is 1. The maximum atomic E-state index is 8.99. The molecular weight excluding hydrogens is 224 g/mol. The van der Waals surface area contributed by atoms with Gasteiger partial charge >= 0.3 is 0 Å². The molecule has 0 spiro atoms. The highest BCUT2D eigenvalue weighted by atomic mass is 16.2. The Morgan fingerprint density at radius 3 is 2.94 bits per heavy atom. The largest absolute Gasteiger partial charge is 0.396 e. The average Bonchev–Trinajstić information content (AvgIpc) is 2.84. The van der Waals surface area contributed by atoms with Crippen LogP contribution in [0.4, 0.5) is 5.69 Å². The predicted octanol–water partition coefficient (Wildman–Crippen LogP) is 2.45. The van der Waals surface area contributed by atoms with E-state index in [2.05, 4.69) is 29.2 Å². The van der Waals surface area contributed by atoms with Crippen LogP contribution in [-0.2, 0) is 0 Å². The molecule has 0 aliphatic carbocycles. The third kappa shape index (κ3) is 2.85. The quantitative estimate of drug-likeness (QED) is 0.841. The average molecular weight is 248 g/mol. The summed E-state index contributed by atoms with van der Waals surface area (Å²) < 4.78 is 0. The molecule has 1 aromatic rings. The Morgan fingerprint density at radius 1 is 1.44 bits per heavy atom. The number of hydrogen-bond donors (Lipinski definition) is 2. The van der Waals surface area contributed by atoms with Crippen LogP contribution in [0.2, 0.25) is 0 Å². The van der Waals surface area contributed by atoms with Crippen LogP contribution in [-0.4, -0.2) is 24.3 Å². The summed E-state index contributed by atoms with van der Waals surface area (Å²) in [5.41, 5.74) is 8.58. The van der Waals surface area contributed by atoms with Crippen LogP contribution >= 0.6 is 0 Å². The molecule has 0 bridgehead atoms. The second kappa shape index (κ2) is 6.21. The summed E-state index contributed by atoms with van der Waals surface area (Å²) in [5.74, 6) is 0. The van der Waals surface area contributed by atoms with Crippen LogP contribution in [0.5, 0.6) is 0 Å². The molecule has 2 rings (SSSR count). The fraction of sp³-hybridized carbons (Fsp3) is 0.600. The summed E-state index contributed by atoms with van der Waals surface area (Å²) in [4.78, 5) is 2.48. The highest BCUT2D eigenvalue weighted by Crippen LogP contribution is 2.32. The number of aliphatic hydroxyl groups excluding tert-OH is 1. The van der Waals surface area contributed by atoms with Gasteiger partial charge in [-0.2, -0.15) is 0 Å². The second-order valence-corrected chi connectivity index (χ2v) is 5.20. The Morgan fingerprint density at radius 2 is 2.22 bits per heavy atom. The predicted molar refractivity (Wildman–Crippen MR) is 75.7 cm³/mol. The molecule has 1 aliphatic rings. The fourth-order valence-electron chi connectivity index (χ4n) is 2.91. The number of benzene rings is 1. The molecule has 0 amide bonds. The lowest BCUT2D eigenvalue weighted by atomic mass is 10.0. The summed E-state index contributed by atoms with van der Waals surface area (Å²) in [5, 5.41) is 8.99. The van der Waals surface area contributed by atoms with E-state index in [1.165, 1.54) is 24.1 Å². The van der Waals surface area contributed by atoms with Gasteiger partial charge in [-0.3, -0.25) is 0 Å². The Kier molecular flexibility index (Phi) is 4.61. The van der Waals surface area contributed by atoms with E-state index in [1.807, 2.05) is 6.92 Å². The molecule has 1 saturated heterocycles. The zero-order valence-corrected chi connectivity index (χ0v) is 11.2. The standard InChI is InChI=1S/C15H24N2O/c1-12(16)14-8-2-3-9-15(14)17-10-4-6-13(17)7-5-11-18/h2-3,8-9,12-13,18H,4-7,10-11,16H2,1H3. The molecule has 1 aliphatic heterocycles. The molecule has 3 nitrogen and oxygen atoms in total. The van der Waals surface area contributed by atoms with Crippen LogP contribution in [0, 0.1) is 0 Å². The van der Waals surface area contributed by atoms with Crippen molar-refractivity contribution in [3.8, 4) is 0 Å². The summed E-state index contributed by atoms with van der Waals surface area (Å²) in [6.07, 6.45) is 4.43. The van der Waals surface area contributed by atoms with Crippen LogP contribution in [0.25, 0.3) is 0 Å². The third-order valence-electron chi connectivity index (χ3n) is 3.81. The van der Waals surface area contributed by atoms with Crippen LogP contribution in [0.15, 0.2) is 24.3 Å². The van der Waals surface area contributed by atoms with E-state index in [4.69, 9.17) is 10.8 Å². The van der Waals surface area contributed by atoms with Gasteiger partial charge in [0.2, 0.25) is 0 Å². The van der Waals surface area contributed by atoms with Crippen molar-refractivity contribution in [3.63, 3.8) is 0 Å². The smallest absolute Gasteiger partial charge is 0.0431 e. The first-order chi connectivity index (χ1) is 8.74. The number of nitrogens with two attached hydrogens (primary N) is 1. The van der Waals surface area contributed by atoms with Crippen molar-refractivity contribution >= 4 is 5.69 Å². The molecule has 2 atom stereocenters. The van der Waals surface area contributed by atoms with Gasteiger partial charge in [-0.05, 0) is 44.2 Å². The molecule has 3 heteroatoms. The van der Waals surface area contributed by atoms with Crippen LogP contribution in [0.3, 0.4) is 0 Å². The highest BCUT2D eigenvalue weighted by molar-refractivity contribution is 5.56. The van der Waals surface area contributed by atoms with Crippen molar-refractivity contribution in [2.24, 2.45) is 5.73 Å². The lowest BCUT2D eigenvalue weighted by molar-refractivity contribution is 0.279. The summed E-state index contributed by atoms with van der Waals surface area (Å²) in [6.45, 7) is 3.44. The van der Waals surface area contributed by atoms with Crippen LogP contribution < -0.4 is 10.6 Å². The Labute approximate surface area is 110 Å². The monoisotopic (exact) mass is 248 g/mol. The van der Waals surface area contributed by atoms with Crippen LogP contribution in [0.1, 0.15) is 44.2 Å². The Hall–Kier alpha value is -1.06. The maximum Gasteiger partial charge on any atom is 0.0431 e. The van der Waals surface area contributed by atoms with Crippen molar-refractivity contribution in [1.29, 1.82) is 0 Å². The first-order valence-corrected chi connectivity index (χ1v) is 6.96. The van der Waals surface area contributed by atoms with Gasteiger partial charge in [0.05, 0.1) is 0 Å². The molecule has 100 valence electrons. The molecule has 3 N–H and O–H groups in total. The molecule has 2 unspecified atom stereocenters. The Balaban J connectivity index is 2.19. The summed E-state index contributed by atoms with van der Waals surface area (Å²) in [7, 11) is 0. The second-order valence-electron chi connectivity index (χ2n) is 5.20. The first-order valence-electron chi connectivity index (χ1n) is 6.96. The van der Waals surface area contributed by atoms with E-state index in [9.17, 15) is 0 Å². The van der Waals surface area contributed by atoms with Crippen molar-refractivity contribution < 1.29 is 5.11 Å². The van der Waals surface area contributed by atoms with E-state index in [-0.39, 0.29) is 6.04 Å². The minimum absolute atomic E-state index is 0.0697. The summed E-state index contributed by atoms with van der Waals surface area (Å²) >= 11 is 0. The van der Waals surface area contributed by atoms with Gasteiger partial charge in [-0.1, -0.05) is 18.2 Å². The molecule has 0 radical (unpaired) electrons. The minimum Gasteiger partial charge on any atom is -0.396 e. The van der Waals surface area contributed by atoms with Crippen molar-refractivity contribution in [2.75, 3.05) is 18.1 Å². The van der Waals surface area contributed by atoms with Crippen molar-refractivity contribution in [3.05, 3.63) is 29.8 Å². The zero-order chi connectivity index (χ0) is 13.0. The molecular formula is C15H24N2O. The van der Waals surface area contributed by atoms with E-state index in [1.54, 1.807) is 0 Å². The zero-order valence-electron chi connectivity index (χ0n) is 11.2. The van der Waals surface area contributed by atoms with E-state index in [0.717, 1.165) is 19.4 Å². The first kappa shape index (κ1) is 13.4. The van der Waals surface area contributed by atoms with Crippen molar-refractivity contribution in [1.82, 2.24) is 0 Å². The number of rotatable bonds is 5. The van der Waals surface area contributed by atoms with E-state index in [0.29, 0.717) is 12.6 Å². The normalized spacial score (nSPS) is 21.3. The fourth-order valence-corrected chi connectivity index (χ4v) is 2.91. The number of hydrogen-bond acceptors (Lipinski definition) is 3. The van der Waals surface area contributed by atoms with Crippen molar-refractivity contribution in [2.45, 2.75) is 44.7 Å². The van der Waals surface area contributed by atoms with Gasteiger partial charge in [-0.15, -0.1) is 0 Å². The molecule has 0 aromatic heterocycles. The van der Waals surface area contributed by atoms with Gasteiger partial charge in [0.25, 0.3) is 0 Å². The Bertz CT molecular complexity index is 379. The summed E-state index contributed by atoms with van der Waals surface area (Å²) in [6, 6.07) is 9.08. The van der Waals surface area contributed by atoms with Gasteiger partial charge in [0, 0.05) is 30.9 Å². The van der Waals surface area contributed by atoms with Gasteiger partial charge < -0.3 is 15.7 Å². The topological polar surface area (TPSA) is 49.5 Å².